The van der Waals surface area contributed by atoms with Gasteiger partial charge in [-0.15, -0.1) is 0 Å². The van der Waals surface area contributed by atoms with Crippen LogP contribution in [0.2, 0.25) is 5.02 Å². The third kappa shape index (κ3) is 2.45. The third-order valence-corrected chi connectivity index (χ3v) is 3.21. The number of hydrogen-bond donors (Lipinski definition) is 1. The molecular weight excluding hydrogens is 293 g/mol. The van der Waals surface area contributed by atoms with E-state index in [1.54, 1.807) is 24.5 Å². The first-order valence-electron chi connectivity index (χ1n) is 4.68. The fraction of sp³-hybridized carbons (Fsp3) is 0.182. The van der Waals surface area contributed by atoms with Gasteiger partial charge in [0.1, 0.15) is 11.9 Å². The van der Waals surface area contributed by atoms with Gasteiger partial charge in [-0.1, -0.05) is 11.6 Å². The van der Waals surface area contributed by atoms with Crippen molar-refractivity contribution in [2.24, 2.45) is 0 Å². The summed E-state index contributed by atoms with van der Waals surface area (Å²) in [7, 11) is 0. The first-order chi connectivity index (χ1) is 7.68. The lowest BCUT2D eigenvalue weighted by Gasteiger charge is -2.09. The number of aliphatic hydroxyl groups excluding tert-OH is 1. The molecule has 2 heterocycles. The lowest BCUT2D eigenvalue weighted by molar-refractivity contribution is 0.149. The zero-order chi connectivity index (χ0) is 11.5. The minimum atomic E-state index is -0.718. The Kier molecular flexibility index (Phi) is 3.63. The highest BCUT2D eigenvalue weighted by Crippen LogP contribution is 2.28. The van der Waals surface area contributed by atoms with Gasteiger partial charge in [0.2, 0.25) is 0 Å². The number of nitrogens with zero attached hydrogens (tertiary/aromatic N) is 1. The molecule has 1 N–H and O–H groups in total. The van der Waals surface area contributed by atoms with Gasteiger partial charge in [0.25, 0.3) is 0 Å². The summed E-state index contributed by atoms with van der Waals surface area (Å²) in [4.78, 5) is 3.89. The summed E-state index contributed by atoms with van der Waals surface area (Å²) >= 11 is 9.25. The molecule has 84 valence electrons. The van der Waals surface area contributed by atoms with Crippen LogP contribution in [0.15, 0.2) is 39.7 Å². The van der Waals surface area contributed by atoms with Crippen molar-refractivity contribution in [1.29, 1.82) is 0 Å². The Morgan fingerprint density at radius 1 is 1.50 bits per heavy atom. The van der Waals surface area contributed by atoms with E-state index in [0.29, 0.717) is 17.2 Å². The zero-order valence-electron chi connectivity index (χ0n) is 8.23. The number of rotatable bonds is 3. The van der Waals surface area contributed by atoms with Crippen LogP contribution in [0.4, 0.5) is 0 Å². The highest BCUT2D eigenvalue weighted by Gasteiger charge is 2.16. The smallest absolute Gasteiger partial charge is 0.146 e. The largest absolute Gasteiger partial charge is 0.465 e. The van der Waals surface area contributed by atoms with Crippen LogP contribution in [0, 0.1) is 0 Å². The van der Waals surface area contributed by atoms with E-state index in [9.17, 15) is 5.11 Å². The molecule has 0 amide bonds. The first kappa shape index (κ1) is 11.6. The highest BCUT2D eigenvalue weighted by molar-refractivity contribution is 9.10. The fourth-order valence-corrected chi connectivity index (χ4v) is 2.08. The van der Waals surface area contributed by atoms with Crippen LogP contribution >= 0.6 is 27.5 Å². The minimum absolute atomic E-state index is 0.396. The van der Waals surface area contributed by atoms with E-state index in [0.717, 1.165) is 10.0 Å². The van der Waals surface area contributed by atoms with Crippen LogP contribution in [0.3, 0.4) is 0 Å². The van der Waals surface area contributed by atoms with Crippen molar-refractivity contribution in [2.45, 2.75) is 12.5 Å². The zero-order valence-corrected chi connectivity index (χ0v) is 10.6. The predicted octanol–water partition coefficient (Wildman–Crippen LogP) is 3.37. The molecule has 0 aliphatic rings. The average Bonchev–Trinajstić information content (AvgIpc) is 2.68. The summed E-state index contributed by atoms with van der Waals surface area (Å²) in [5.41, 5.74) is 0.840. The molecule has 3 nitrogen and oxygen atoms in total. The molecule has 0 saturated heterocycles. The normalized spacial score (nSPS) is 12.7. The van der Waals surface area contributed by atoms with Crippen molar-refractivity contribution in [1.82, 2.24) is 4.98 Å². The maximum absolute atomic E-state index is 9.97. The number of aliphatic hydroxyl groups is 1. The van der Waals surface area contributed by atoms with Crippen molar-refractivity contribution in [3.8, 4) is 0 Å². The molecule has 1 unspecified atom stereocenters. The van der Waals surface area contributed by atoms with Crippen molar-refractivity contribution in [3.63, 3.8) is 0 Å². The predicted molar refractivity (Wildman–Crippen MR) is 64.3 cm³/mol. The van der Waals surface area contributed by atoms with Crippen LogP contribution in [0.1, 0.15) is 17.4 Å². The molecule has 0 spiro atoms. The molecule has 0 aromatic carbocycles. The van der Waals surface area contributed by atoms with Crippen LogP contribution in [-0.4, -0.2) is 10.1 Å². The van der Waals surface area contributed by atoms with E-state index in [1.165, 1.54) is 6.26 Å². The average molecular weight is 303 g/mol. The Bertz CT molecular complexity index is 486. The number of pyridine rings is 1. The van der Waals surface area contributed by atoms with Crippen molar-refractivity contribution >= 4 is 27.5 Å². The van der Waals surface area contributed by atoms with E-state index in [4.69, 9.17) is 16.0 Å². The van der Waals surface area contributed by atoms with Crippen LogP contribution in [-0.2, 0) is 6.42 Å². The standard InChI is InChI=1S/C11H9BrClNO2/c12-8-2-4-16-11(8)10(15)5-7-1-3-14-6-9(7)13/h1-4,6,10,15H,5H2. The Morgan fingerprint density at radius 3 is 2.94 bits per heavy atom. The van der Waals surface area contributed by atoms with Crippen molar-refractivity contribution < 1.29 is 9.52 Å². The summed E-state index contributed by atoms with van der Waals surface area (Å²) in [6.07, 6.45) is 4.40. The van der Waals surface area contributed by atoms with Crippen molar-refractivity contribution in [2.75, 3.05) is 0 Å². The monoisotopic (exact) mass is 301 g/mol. The van der Waals surface area contributed by atoms with E-state index < -0.39 is 6.10 Å². The molecule has 0 aliphatic heterocycles. The van der Waals surface area contributed by atoms with Gasteiger partial charge in [0.15, 0.2) is 0 Å². The third-order valence-electron chi connectivity index (χ3n) is 2.22. The second-order valence-corrected chi connectivity index (χ2v) is 4.58. The van der Waals surface area contributed by atoms with Gasteiger partial charge in [-0.05, 0) is 33.6 Å². The van der Waals surface area contributed by atoms with Crippen LogP contribution in [0.25, 0.3) is 0 Å². The molecule has 0 saturated carbocycles. The molecule has 1 atom stereocenters. The van der Waals surface area contributed by atoms with Crippen LogP contribution < -0.4 is 0 Å². The van der Waals surface area contributed by atoms with Gasteiger partial charge in [0, 0.05) is 18.8 Å². The Balaban J connectivity index is 2.17. The Hall–Kier alpha value is -0.840. The van der Waals surface area contributed by atoms with Crippen LogP contribution in [0.5, 0.6) is 0 Å². The maximum Gasteiger partial charge on any atom is 0.146 e. The number of aromatic nitrogens is 1. The number of halogens is 2. The summed E-state index contributed by atoms with van der Waals surface area (Å²) in [6.45, 7) is 0. The molecule has 2 rings (SSSR count). The second kappa shape index (κ2) is 4.99. The lowest BCUT2D eigenvalue weighted by atomic mass is 10.1. The molecule has 16 heavy (non-hydrogen) atoms. The van der Waals surface area contributed by atoms with Gasteiger partial charge < -0.3 is 9.52 Å². The number of furan rings is 1. The Morgan fingerprint density at radius 2 is 2.31 bits per heavy atom. The Labute approximate surface area is 106 Å². The summed E-state index contributed by atoms with van der Waals surface area (Å²) < 4.78 is 5.94. The van der Waals surface area contributed by atoms with Gasteiger partial charge in [0.05, 0.1) is 15.8 Å². The highest BCUT2D eigenvalue weighted by atomic mass is 79.9. The summed E-state index contributed by atoms with van der Waals surface area (Å²) in [5.74, 6) is 0.507. The SMILES string of the molecule is OC(Cc1ccncc1Cl)c1occc1Br. The van der Waals surface area contributed by atoms with E-state index in [1.807, 2.05) is 0 Å². The van der Waals surface area contributed by atoms with Gasteiger partial charge in [-0.3, -0.25) is 4.98 Å². The molecule has 0 bridgehead atoms. The topological polar surface area (TPSA) is 46.3 Å². The molecule has 2 aromatic rings. The second-order valence-electron chi connectivity index (χ2n) is 3.32. The van der Waals surface area contributed by atoms with Gasteiger partial charge >= 0.3 is 0 Å². The summed E-state index contributed by atoms with van der Waals surface area (Å²) in [6, 6.07) is 3.52. The van der Waals surface area contributed by atoms with Crippen molar-refractivity contribution in [3.05, 3.63) is 51.6 Å². The molecule has 0 fully saturated rings. The quantitative estimate of drug-likeness (QED) is 0.945. The minimum Gasteiger partial charge on any atom is -0.465 e. The fourth-order valence-electron chi connectivity index (χ4n) is 1.41. The maximum atomic E-state index is 9.97. The molecule has 0 radical (unpaired) electrons. The molecular formula is C11H9BrClNO2. The van der Waals surface area contributed by atoms with E-state index in [2.05, 4.69) is 20.9 Å². The summed E-state index contributed by atoms with van der Waals surface area (Å²) in [5, 5.41) is 10.5. The molecule has 0 aliphatic carbocycles. The molecule has 5 heteroatoms. The molecule has 2 aromatic heterocycles. The van der Waals surface area contributed by atoms with Gasteiger partial charge in [-0.25, -0.2) is 0 Å². The van der Waals surface area contributed by atoms with E-state index in [-0.39, 0.29) is 0 Å². The lowest BCUT2D eigenvalue weighted by Crippen LogP contribution is -2.01. The number of hydrogen-bond acceptors (Lipinski definition) is 3. The van der Waals surface area contributed by atoms with Gasteiger partial charge in [-0.2, -0.15) is 0 Å². The first-order valence-corrected chi connectivity index (χ1v) is 5.85. The van der Waals surface area contributed by atoms with E-state index >= 15 is 0 Å².